The van der Waals surface area contributed by atoms with Gasteiger partial charge < -0.3 is 18.9 Å². The van der Waals surface area contributed by atoms with E-state index in [9.17, 15) is 9.59 Å². The Kier molecular flexibility index (Phi) is 20.5. The average Bonchev–Trinajstić information content (AvgIpc) is 2.74. The molecule has 8 atom stereocenters. The van der Waals surface area contributed by atoms with Gasteiger partial charge in [0.1, 0.15) is 17.5 Å². The first kappa shape index (κ1) is 34.7. The van der Waals surface area contributed by atoms with Crippen LogP contribution in [0.25, 0.3) is 0 Å². The van der Waals surface area contributed by atoms with Gasteiger partial charge in [-0.25, -0.2) is 0 Å². The smallest absolute Gasteiger partial charge is 0.322 e. The van der Waals surface area contributed by atoms with Crippen LogP contribution < -0.4 is 0 Å². The first-order chi connectivity index (χ1) is 14.9. The van der Waals surface area contributed by atoms with Crippen LogP contribution in [-0.4, -0.2) is 54.7 Å². The molecule has 6 nitrogen and oxygen atoms in total. The van der Waals surface area contributed by atoms with Crippen molar-refractivity contribution in [1.29, 1.82) is 0 Å². The van der Waals surface area contributed by atoms with Crippen LogP contribution in [0.3, 0.4) is 0 Å². The molecule has 1 aliphatic heterocycles. The molecule has 1 saturated heterocycles. The summed E-state index contributed by atoms with van der Waals surface area (Å²) in [5.41, 5.74) is -0.827. The van der Waals surface area contributed by atoms with Gasteiger partial charge in [0.25, 0.3) is 0 Å². The molecule has 1 fully saturated rings. The Morgan fingerprint density at radius 1 is 1.12 bits per heavy atom. The quantitative estimate of drug-likeness (QED) is 0.0819. The van der Waals surface area contributed by atoms with Crippen LogP contribution in [0, 0.1) is 5.41 Å². The van der Waals surface area contributed by atoms with Gasteiger partial charge in [-0.2, -0.15) is 12.6 Å². The van der Waals surface area contributed by atoms with Gasteiger partial charge in [0, 0.05) is 12.4 Å². The normalized spacial score (nSPS) is 19.8. The molecule has 1 heterocycles. The van der Waals surface area contributed by atoms with Crippen molar-refractivity contribution >= 4 is 98.1 Å². The van der Waals surface area contributed by atoms with Crippen LogP contribution in [0.5, 0.6) is 0 Å². The van der Waals surface area contributed by atoms with Crippen molar-refractivity contribution in [3.05, 3.63) is 0 Å². The maximum absolute atomic E-state index is 12.3. The van der Waals surface area contributed by atoms with Gasteiger partial charge in [-0.15, -0.1) is 35.7 Å². The number of ether oxygens (including phenoxy) is 4. The molecule has 0 radical (unpaired) electrons. The Morgan fingerprint density at radius 2 is 1.75 bits per heavy atom. The van der Waals surface area contributed by atoms with E-state index in [2.05, 4.69) is 64.3 Å². The number of carbonyl (C=O) groups excluding carboxylic acids is 2. The van der Waals surface area contributed by atoms with Gasteiger partial charge in [-0.3, -0.25) is 9.59 Å². The zero-order valence-corrected chi connectivity index (χ0v) is 28.8. The molecule has 1 rings (SSSR count). The fourth-order valence-electron chi connectivity index (χ4n) is 2.68. The summed E-state index contributed by atoms with van der Waals surface area (Å²) >= 11 is 7.40. The minimum atomic E-state index is -0.988. The summed E-state index contributed by atoms with van der Waals surface area (Å²) in [6, 6.07) is 0. The van der Waals surface area contributed by atoms with E-state index in [1.54, 1.807) is 20.8 Å². The highest BCUT2D eigenvalue weighted by Crippen LogP contribution is 2.92. The van der Waals surface area contributed by atoms with Crippen molar-refractivity contribution in [1.82, 2.24) is 0 Å². The summed E-state index contributed by atoms with van der Waals surface area (Å²) in [4.78, 5) is 24.4. The lowest BCUT2D eigenvalue weighted by molar-refractivity contribution is -0.174. The van der Waals surface area contributed by atoms with Crippen LogP contribution in [0.4, 0.5) is 0 Å². The molecule has 190 valence electrons. The predicted molar refractivity (Wildman–Crippen MR) is 162 cm³/mol. The lowest BCUT2D eigenvalue weighted by Crippen LogP contribution is -2.40. The molecule has 0 amide bonds. The highest BCUT2D eigenvalue weighted by molar-refractivity contribution is 9.10. The third-order valence-electron chi connectivity index (χ3n) is 4.22. The third kappa shape index (κ3) is 15.7. The van der Waals surface area contributed by atoms with E-state index in [0.717, 1.165) is 27.2 Å². The first-order valence-electron chi connectivity index (χ1n) is 10.1. The van der Waals surface area contributed by atoms with Gasteiger partial charge in [0.2, 0.25) is 0 Å². The zero-order chi connectivity index (χ0) is 24.8. The summed E-state index contributed by atoms with van der Waals surface area (Å²) in [7, 11) is 12.4. The standard InChI is InChI=1S/C17H29BrO6S.H9P7/c1-16(2,14(19)24-10-11-25)12-17(3,18)15(20)23-9-8-22-13-6-4-5-7-21-13;1-5-7(4)6(2)3/h13,25H,4-12H2,1-3H3;5H,1-4H2. The average molecular weight is 667 g/mol. The summed E-state index contributed by atoms with van der Waals surface area (Å²) in [5, 5.41) is 0. The number of hydrogen-bond donors (Lipinski definition) is 1. The van der Waals surface area contributed by atoms with E-state index in [4.69, 9.17) is 18.9 Å². The van der Waals surface area contributed by atoms with Crippen molar-refractivity contribution < 1.29 is 28.5 Å². The second-order valence-electron chi connectivity index (χ2n) is 7.77. The molecular weight excluding hydrogens is 629 g/mol. The van der Waals surface area contributed by atoms with E-state index in [-0.39, 0.29) is 52.5 Å². The minimum absolute atomic E-state index is 0.143. The molecule has 8 unspecified atom stereocenters. The molecule has 0 aromatic carbocycles. The molecule has 0 aromatic heterocycles. The fraction of sp³-hybridized carbons (Fsp3) is 0.882. The fourth-order valence-corrected chi connectivity index (χ4v) is 19.7. The van der Waals surface area contributed by atoms with Crippen LogP contribution >= 0.6 is 86.2 Å². The highest BCUT2D eigenvalue weighted by Gasteiger charge is 2.42. The summed E-state index contributed by atoms with van der Waals surface area (Å²) < 4.78 is 20.4. The Balaban J connectivity index is 0.00000118. The Labute approximate surface area is 220 Å². The summed E-state index contributed by atoms with van der Waals surface area (Å²) in [6.45, 7) is 7.00. The molecule has 0 spiro atoms. The van der Waals surface area contributed by atoms with Crippen LogP contribution in [-0.2, 0) is 28.5 Å². The number of halogens is 1. The lowest BCUT2D eigenvalue weighted by Gasteiger charge is -2.30. The molecular formula is C17H38BrO6P7S. The SMILES string of the molecule is CC(C)(CC(C)(Br)C(=O)OCCOC1CCCCO1)C(=O)OCCS.PPP(P)P(P)P. The highest BCUT2D eigenvalue weighted by atomic mass is 79.9. The largest absolute Gasteiger partial charge is 0.464 e. The van der Waals surface area contributed by atoms with Gasteiger partial charge in [-0.1, -0.05) is 23.9 Å². The van der Waals surface area contributed by atoms with Gasteiger partial charge >= 0.3 is 11.9 Å². The van der Waals surface area contributed by atoms with Gasteiger partial charge in [0.05, 0.1) is 12.0 Å². The van der Waals surface area contributed by atoms with Crippen molar-refractivity contribution in [3.8, 4) is 0 Å². The van der Waals surface area contributed by atoms with Crippen LogP contribution in [0.15, 0.2) is 0 Å². The van der Waals surface area contributed by atoms with Crippen LogP contribution in [0.2, 0.25) is 0 Å². The third-order valence-corrected chi connectivity index (χ3v) is 35.5. The Morgan fingerprint density at radius 3 is 2.22 bits per heavy atom. The number of esters is 2. The zero-order valence-electron chi connectivity index (χ0n) is 18.9. The van der Waals surface area contributed by atoms with Crippen molar-refractivity contribution in [3.63, 3.8) is 0 Å². The van der Waals surface area contributed by atoms with Crippen molar-refractivity contribution in [2.75, 3.05) is 32.2 Å². The summed E-state index contributed by atoms with van der Waals surface area (Å²) in [5.74, 6) is -0.339. The van der Waals surface area contributed by atoms with Crippen molar-refractivity contribution in [2.24, 2.45) is 5.41 Å². The number of rotatable bonds is 12. The predicted octanol–water partition coefficient (Wildman–Crippen LogP) is 6.73. The second-order valence-corrected chi connectivity index (χ2v) is 32.2. The van der Waals surface area contributed by atoms with Gasteiger partial charge in [0.15, 0.2) is 6.29 Å². The van der Waals surface area contributed by atoms with Gasteiger partial charge in [-0.05, 0) is 60.4 Å². The van der Waals surface area contributed by atoms with E-state index in [1.807, 2.05) is 0 Å². The van der Waals surface area contributed by atoms with E-state index in [0.29, 0.717) is 12.4 Å². The van der Waals surface area contributed by atoms with Crippen LogP contribution in [0.1, 0.15) is 46.5 Å². The lowest BCUT2D eigenvalue weighted by atomic mass is 9.83. The number of thiol groups is 1. The number of hydrogen-bond acceptors (Lipinski definition) is 7. The second kappa shape index (κ2) is 18.9. The Bertz CT molecular complexity index is 553. The molecule has 0 N–H and O–H groups in total. The van der Waals surface area contributed by atoms with E-state index in [1.165, 1.54) is 0 Å². The minimum Gasteiger partial charge on any atom is -0.464 e. The van der Waals surface area contributed by atoms with E-state index < -0.39 is 15.7 Å². The van der Waals surface area contributed by atoms with Crippen molar-refractivity contribution in [2.45, 2.75) is 57.1 Å². The summed E-state index contributed by atoms with van der Waals surface area (Å²) in [6.07, 6.45) is 3.05. The Hall–Kier alpha value is 2.70. The maximum atomic E-state index is 12.3. The molecule has 1 aliphatic rings. The molecule has 0 aromatic rings. The molecule has 0 saturated carbocycles. The monoisotopic (exact) mass is 666 g/mol. The topological polar surface area (TPSA) is 71.1 Å². The molecule has 32 heavy (non-hydrogen) atoms. The molecule has 15 heteroatoms. The number of alkyl halides is 1. The molecule has 0 bridgehead atoms. The first-order valence-corrected chi connectivity index (χ1v) is 23.4. The van der Waals surface area contributed by atoms with E-state index >= 15 is 0 Å². The maximum Gasteiger partial charge on any atom is 0.322 e. The molecule has 0 aliphatic carbocycles. The number of carbonyl (C=O) groups is 2.